The van der Waals surface area contributed by atoms with Crippen LogP contribution in [0.15, 0.2) is 18.2 Å². The molecular weight excluding hydrogens is 239 g/mol. The Morgan fingerprint density at radius 2 is 2.35 bits per heavy atom. The van der Waals surface area contributed by atoms with E-state index in [1.165, 1.54) is 30.0 Å². The van der Waals surface area contributed by atoms with Gasteiger partial charge in [0.15, 0.2) is 0 Å². The minimum absolute atomic E-state index is 0.0694. The molecule has 0 heterocycles. The van der Waals surface area contributed by atoms with Crippen LogP contribution in [0, 0.1) is 17.1 Å². The molecule has 0 saturated carbocycles. The second-order valence-electron chi connectivity index (χ2n) is 3.43. The summed E-state index contributed by atoms with van der Waals surface area (Å²) in [6.07, 6.45) is 2.58. The van der Waals surface area contributed by atoms with Gasteiger partial charge in [0.1, 0.15) is 11.9 Å². The predicted molar refractivity (Wildman–Crippen MR) is 67.3 cm³/mol. The third-order valence-corrected chi connectivity index (χ3v) is 3.42. The van der Waals surface area contributed by atoms with Gasteiger partial charge in [-0.15, -0.1) is 0 Å². The standard InChI is InChI=1S/C12H13FN2OS/c1-3-11(17-2)12(16)15-9-4-5-10(13)8(6-9)7-14/h4-6,11H,3H2,1-2H3,(H,15,16)/t11-/m1/s1. The van der Waals surface area contributed by atoms with Gasteiger partial charge in [0.2, 0.25) is 5.91 Å². The van der Waals surface area contributed by atoms with Gasteiger partial charge in [-0.25, -0.2) is 4.39 Å². The highest BCUT2D eigenvalue weighted by Gasteiger charge is 2.15. The molecule has 0 fully saturated rings. The quantitative estimate of drug-likeness (QED) is 0.896. The molecule has 1 N–H and O–H groups in total. The summed E-state index contributed by atoms with van der Waals surface area (Å²) in [5.74, 6) is -0.710. The molecule has 0 radical (unpaired) electrons. The molecule has 0 aliphatic rings. The van der Waals surface area contributed by atoms with Crippen molar-refractivity contribution in [2.45, 2.75) is 18.6 Å². The molecule has 0 bridgehead atoms. The van der Waals surface area contributed by atoms with Crippen molar-refractivity contribution in [2.24, 2.45) is 0 Å². The summed E-state index contributed by atoms with van der Waals surface area (Å²) in [5, 5.41) is 11.2. The molecule has 0 spiro atoms. The van der Waals surface area contributed by atoms with Crippen molar-refractivity contribution in [3.63, 3.8) is 0 Å². The molecule has 17 heavy (non-hydrogen) atoms. The third-order valence-electron chi connectivity index (χ3n) is 2.30. The first kappa shape index (κ1) is 13.5. The summed E-state index contributed by atoms with van der Waals surface area (Å²) in [7, 11) is 0. The lowest BCUT2D eigenvalue weighted by molar-refractivity contribution is -0.115. The Morgan fingerprint density at radius 3 is 2.88 bits per heavy atom. The third kappa shape index (κ3) is 3.46. The number of carbonyl (C=O) groups is 1. The largest absolute Gasteiger partial charge is 0.325 e. The van der Waals surface area contributed by atoms with Crippen LogP contribution in [0.2, 0.25) is 0 Å². The van der Waals surface area contributed by atoms with E-state index in [-0.39, 0.29) is 16.7 Å². The van der Waals surface area contributed by atoms with Crippen LogP contribution in [0.5, 0.6) is 0 Å². The van der Waals surface area contributed by atoms with E-state index in [2.05, 4.69) is 5.32 Å². The Bertz CT molecular complexity index is 452. The SMILES string of the molecule is CC[C@@H](SC)C(=O)Nc1ccc(F)c(C#N)c1. The van der Waals surface area contributed by atoms with E-state index < -0.39 is 5.82 Å². The molecule has 0 aliphatic heterocycles. The molecule has 0 aliphatic carbocycles. The van der Waals surface area contributed by atoms with Gasteiger partial charge in [-0.2, -0.15) is 17.0 Å². The second kappa shape index (κ2) is 6.26. The van der Waals surface area contributed by atoms with E-state index in [9.17, 15) is 9.18 Å². The van der Waals surface area contributed by atoms with E-state index in [4.69, 9.17) is 5.26 Å². The molecule has 1 atom stereocenters. The normalized spacial score (nSPS) is 11.6. The lowest BCUT2D eigenvalue weighted by atomic mass is 10.2. The molecule has 0 unspecified atom stereocenters. The fourth-order valence-corrected chi connectivity index (χ4v) is 1.98. The molecule has 90 valence electrons. The van der Waals surface area contributed by atoms with Gasteiger partial charge in [0.05, 0.1) is 10.8 Å². The topological polar surface area (TPSA) is 52.9 Å². The zero-order valence-corrected chi connectivity index (χ0v) is 10.5. The van der Waals surface area contributed by atoms with Crippen molar-refractivity contribution >= 4 is 23.4 Å². The van der Waals surface area contributed by atoms with Gasteiger partial charge < -0.3 is 5.32 Å². The Kier molecular flexibility index (Phi) is 4.98. The maximum absolute atomic E-state index is 13.1. The highest BCUT2D eigenvalue weighted by Crippen LogP contribution is 2.17. The lowest BCUT2D eigenvalue weighted by Crippen LogP contribution is -2.24. The maximum Gasteiger partial charge on any atom is 0.237 e. The number of hydrogen-bond donors (Lipinski definition) is 1. The number of amides is 1. The van der Waals surface area contributed by atoms with Crippen LogP contribution in [-0.2, 0) is 4.79 Å². The second-order valence-corrected chi connectivity index (χ2v) is 4.47. The molecule has 5 heteroatoms. The summed E-state index contributed by atoms with van der Waals surface area (Å²) in [4.78, 5) is 11.8. The fraction of sp³-hybridized carbons (Fsp3) is 0.333. The average molecular weight is 252 g/mol. The van der Waals surface area contributed by atoms with E-state index in [1.807, 2.05) is 13.2 Å². The minimum atomic E-state index is -0.581. The van der Waals surface area contributed by atoms with E-state index in [0.717, 1.165) is 6.42 Å². The average Bonchev–Trinajstić information content (AvgIpc) is 2.33. The van der Waals surface area contributed by atoms with Crippen LogP contribution in [0.25, 0.3) is 0 Å². The molecule has 1 rings (SSSR count). The highest BCUT2D eigenvalue weighted by molar-refractivity contribution is 7.99. The van der Waals surface area contributed by atoms with Crippen LogP contribution < -0.4 is 5.32 Å². The van der Waals surface area contributed by atoms with E-state index in [1.54, 1.807) is 6.07 Å². The molecule has 1 aromatic carbocycles. The van der Waals surface area contributed by atoms with Gasteiger partial charge in [0.25, 0.3) is 0 Å². The lowest BCUT2D eigenvalue weighted by Gasteiger charge is -2.12. The number of benzene rings is 1. The first-order valence-electron chi connectivity index (χ1n) is 5.15. The van der Waals surface area contributed by atoms with Crippen molar-refractivity contribution in [2.75, 3.05) is 11.6 Å². The Balaban J connectivity index is 2.82. The summed E-state index contributed by atoms with van der Waals surface area (Å²) in [6.45, 7) is 1.92. The van der Waals surface area contributed by atoms with Gasteiger partial charge in [-0.1, -0.05) is 6.92 Å². The smallest absolute Gasteiger partial charge is 0.237 e. The van der Waals surface area contributed by atoms with Crippen molar-refractivity contribution in [1.82, 2.24) is 0 Å². The summed E-state index contributed by atoms with van der Waals surface area (Å²) in [5.41, 5.74) is 0.375. The van der Waals surface area contributed by atoms with Gasteiger partial charge >= 0.3 is 0 Å². The minimum Gasteiger partial charge on any atom is -0.325 e. The van der Waals surface area contributed by atoms with Crippen LogP contribution in [-0.4, -0.2) is 17.4 Å². The molecule has 0 aromatic heterocycles. The number of nitrogens with zero attached hydrogens (tertiary/aromatic N) is 1. The van der Waals surface area contributed by atoms with E-state index in [0.29, 0.717) is 5.69 Å². The number of nitrogens with one attached hydrogen (secondary N) is 1. The zero-order chi connectivity index (χ0) is 12.8. The van der Waals surface area contributed by atoms with Crippen LogP contribution in [0.4, 0.5) is 10.1 Å². The number of halogens is 1. The Labute approximate surface area is 104 Å². The maximum atomic E-state index is 13.1. The zero-order valence-electron chi connectivity index (χ0n) is 9.66. The Morgan fingerprint density at radius 1 is 1.65 bits per heavy atom. The number of rotatable bonds is 4. The molecular formula is C12H13FN2OS. The predicted octanol–water partition coefficient (Wildman–Crippen LogP) is 2.78. The number of anilines is 1. The molecule has 1 amide bonds. The molecule has 1 aromatic rings. The number of thioether (sulfide) groups is 1. The summed E-state index contributed by atoms with van der Waals surface area (Å²) in [6, 6.07) is 5.69. The van der Waals surface area contributed by atoms with Crippen molar-refractivity contribution in [3.8, 4) is 6.07 Å². The van der Waals surface area contributed by atoms with Crippen molar-refractivity contribution in [3.05, 3.63) is 29.6 Å². The molecule has 3 nitrogen and oxygen atoms in total. The monoisotopic (exact) mass is 252 g/mol. The van der Waals surface area contributed by atoms with Crippen molar-refractivity contribution in [1.29, 1.82) is 5.26 Å². The Hall–Kier alpha value is -1.54. The number of hydrogen-bond acceptors (Lipinski definition) is 3. The summed E-state index contributed by atoms with van der Waals surface area (Å²) < 4.78 is 13.1. The van der Waals surface area contributed by atoms with Gasteiger partial charge in [-0.3, -0.25) is 4.79 Å². The first-order chi connectivity index (χ1) is 8.12. The van der Waals surface area contributed by atoms with Crippen molar-refractivity contribution < 1.29 is 9.18 Å². The summed E-state index contributed by atoms with van der Waals surface area (Å²) >= 11 is 1.46. The number of nitriles is 1. The van der Waals surface area contributed by atoms with Crippen LogP contribution >= 0.6 is 11.8 Å². The van der Waals surface area contributed by atoms with Crippen LogP contribution in [0.1, 0.15) is 18.9 Å². The first-order valence-corrected chi connectivity index (χ1v) is 6.44. The highest BCUT2D eigenvalue weighted by atomic mass is 32.2. The molecule has 0 saturated heterocycles. The van der Waals surface area contributed by atoms with Gasteiger partial charge in [-0.05, 0) is 30.9 Å². The van der Waals surface area contributed by atoms with E-state index >= 15 is 0 Å². The fourth-order valence-electron chi connectivity index (χ4n) is 1.37. The van der Waals surface area contributed by atoms with Crippen LogP contribution in [0.3, 0.4) is 0 Å². The number of carbonyl (C=O) groups excluding carboxylic acids is 1. The van der Waals surface area contributed by atoms with Gasteiger partial charge in [0, 0.05) is 5.69 Å².